The molecule has 0 atom stereocenters. The number of benzene rings is 1. The van der Waals surface area contributed by atoms with Crippen LogP contribution in [-0.2, 0) is 11.2 Å². The summed E-state index contributed by atoms with van der Waals surface area (Å²) in [6.07, 6.45) is 3.31. The minimum atomic E-state index is -1.12. The molecular formula is C15H19ClO2. The van der Waals surface area contributed by atoms with E-state index in [2.05, 4.69) is 6.92 Å². The third kappa shape index (κ3) is 3.12. The summed E-state index contributed by atoms with van der Waals surface area (Å²) in [5.74, 6) is 0.543. The zero-order chi connectivity index (χ0) is 13.2. The molecule has 2 rings (SSSR count). The molecule has 3 heteroatoms. The van der Waals surface area contributed by atoms with E-state index >= 15 is 0 Å². The minimum Gasteiger partial charge on any atom is -0.382 e. The summed E-state index contributed by atoms with van der Waals surface area (Å²) in [6, 6.07) is 7.28. The zero-order valence-electron chi connectivity index (χ0n) is 10.7. The van der Waals surface area contributed by atoms with Crippen LogP contribution in [0.1, 0.15) is 38.2 Å². The van der Waals surface area contributed by atoms with Crippen molar-refractivity contribution in [1.82, 2.24) is 0 Å². The van der Waals surface area contributed by atoms with E-state index in [1.807, 2.05) is 12.1 Å². The van der Waals surface area contributed by atoms with Gasteiger partial charge in [0.15, 0.2) is 5.78 Å². The first-order valence-corrected chi connectivity index (χ1v) is 6.87. The van der Waals surface area contributed by atoms with Crippen LogP contribution in [0.2, 0.25) is 5.02 Å². The highest BCUT2D eigenvalue weighted by Crippen LogP contribution is 2.33. The third-order valence-electron chi connectivity index (χ3n) is 3.87. The normalized spacial score (nSPS) is 28.1. The van der Waals surface area contributed by atoms with Gasteiger partial charge in [0.25, 0.3) is 0 Å². The molecule has 0 radical (unpaired) electrons. The second-order valence-corrected chi connectivity index (χ2v) is 5.88. The number of Topliss-reactive ketones (excluding diaryl/α,β-unsaturated/α-hetero) is 1. The minimum absolute atomic E-state index is 0.0725. The van der Waals surface area contributed by atoms with Crippen LogP contribution < -0.4 is 0 Å². The van der Waals surface area contributed by atoms with Crippen molar-refractivity contribution in [2.75, 3.05) is 0 Å². The number of halogens is 1. The van der Waals surface area contributed by atoms with E-state index in [-0.39, 0.29) is 12.2 Å². The number of hydrogen-bond acceptors (Lipinski definition) is 2. The molecule has 0 amide bonds. The lowest BCUT2D eigenvalue weighted by Crippen LogP contribution is -2.42. The Morgan fingerprint density at radius 2 is 2.11 bits per heavy atom. The molecule has 0 unspecified atom stereocenters. The molecule has 2 nitrogen and oxygen atoms in total. The van der Waals surface area contributed by atoms with Crippen LogP contribution in [0.3, 0.4) is 0 Å². The van der Waals surface area contributed by atoms with Gasteiger partial charge in [-0.3, -0.25) is 4.79 Å². The summed E-state index contributed by atoms with van der Waals surface area (Å²) in [4.78, 5) is 12.2. The van der Waals surface area contributed by atoms with Gasteiger partial charge in [0.2, 0.25) is 0 Å². The van der Waals surface area contributed by atoms with Crippen molar-refractivity contribution in [3.63, 3.8) is 0 Å². The van der Waals surface area contributed by atoms with Crippen LogP contribution in [0, 0.1) is 5.92 Å². The summed E-state index contributed by atoms with van der Waals surface area (Å²) >= 11 is 5.89. The Hall–Kier alpha value is -0.860. The highest BCUT2D eigenvalue weighted by Gasteiger charge is 2.38. The molecule has 1 aliphatic carbocycles. The molecule has 1 fully saturated rings. The maximum Gasteiger partial charge on any atom is 0.168 e. The first-order chi connectivity index (χ1) is 8.49. The lowest BCUT2D eigenvalue weighted by molar-refractivity contribution is -0.140. The Kier molecular flexibility index (Phi) is 4.08. The average molecular weight is 267 g/mol. The quantitative estimate of drug-likeness (QED) is 0.911. The molecule has 1 aromatic rings. The van der Waals surface area contributed by atoms with E-state index in [9.17, 15) is 9.90 Å². The predicted octanol–water partition coefficient (Wildman–Crippen LogP) is 3.39. The van der Waals surface area contributed by atoms with Crippen LogP contribution in [0.4, 0.5) is 0 Å². The lowest BCUT2D eigenvalue weighted by atomic mass is 9.76. The molecule has 0 aromatic heterocycles. The van der Waals surface area contributed by atoms with Gasteiger partial charge in [-0.05, 0) is 49.3 Å². The van der Waals surface area contributed by atoms with Crippen LogP contribution in [0.25, 0.3) is 0 Å². The van der Waals surface area contributed by atoms with Crippen molar-refractivity contribution >= 4 is 17.4 Å². The Balaban J connectivity index is 2.03. The molecule has 1 aliphatic rings. The maximum absolute atomic E-state index is 12.2. The number of hydrogen-bond donors (Lipinski definition) is 1. The van der Waals surface area contributed by atoms with E-state index in [0.717, 1.165) is 18.4 Å². The molecule has 98 valence electrons. The SMILES string of the molecule is CC1CCC(O)(C(=O)Cc2cccc(Cl)c2)CC1. The van der Waals surface area contributed by atoms with Gasteiger partial charge in [-0.25, -0.2) is 0 Å². The standard InChI is InChI=1S/C15H19ClO2/c1-11-5-7-15(18,8-6-11)14(17)10-12-3-2-4-13(16)9-12/h2-4,9,11,18H,5-8,10H2,1H3. The highest BCUT2D eigenvalue weighted by atomic mass is 35.5. The van der Waals surface area contributed by atoms with Gasteiger partial charge in [-0.2, -0.15) is 0 Å². The molecule has 0 saturated heterocycles. The fourth-order valence-corrected chi connectivity index (χ4v) is 2.73. The number of carbonyl (C=O) groups excluding carboxylic acids is 1. The molecule has 0 bridgehead atoms. The van der Waals surface area contributed by atoms with Crippen LogP contribution in [-0.4, -0.2) is 16.5 Å². The number of aliphatic hydroxyl groups is 1. The fraction of sp³-hybridized carbons (Fsp3) is 0.533. The van der Waals surface area contributed by atoms with Gasteiger partial charge in [-0.15, -0.1) is 0 Å². The monoisotopic (exact) mass is 266 g/mol. The Morgan fingerprint density at radius 3 is 2.72 bits per heavy atom. The number of rotatable bonds is 3. The van der Waals surface area contributed by atoms with Crippen molar-refractivity contribution in [3.8, 4) is 0 Å². The van der Waals surface area contributed by atoms with Crippen molar-refractivity contribution in [2.24, 2.45) is 5.92 Å². The van der Waals surface area contributed by atoms with Gasteiger partial charge in [0.1, 0.15) is 5.60 Å². The smallest absolute Gasteiger partial charge is 0.168 e. The Labute approximate surface area is 113 Å². The first kappa shape index (κ1) is 13.6. The Morgan fingerprint density at radius 1 is 1.44 bits per heavy atom. The molecule has 0 aliphatic heterocycles. The molecule has 0 heterocycles. The lowest BCUT2D eigenvalue weighted by Gasteiger charge is -2.33. The summed E-state index contributed by atoms with van der Waals surface area (Å²) in [5, 5.41) is 11.0. The molecule has 1 saturated carbocycles. The Bertz CT molecular complexity index is 434. The van der Waals surface area contributed by atoms with Crippen LogP contribution in [0.15, 0.2) is 24.3 Å². The van der Waals surface area contributed by atoms with Gasteiger partial charge in [0.05, 0.1) is 0 Å². The molecular weight excluding hydrogens is 248 g/mol. The van der Waals surface area contributed by atoms with E-state index in [4.69, 9.17) is 11.6 Å². The summed E-state index contributed by atoms with van der Waals surface area (Å²) in [7, 11) is 0. The van der Waals surface area contributed by atoms with Crippen molar-refractivity contribution < 1.29 is 9.90 Å². The fourth-order valence-electron chi connectivity index (χ4n) is 2.52. The summed E-state index contributed by atoms with van der Waals surface area (Å²) in [6.45, 7) is 2.17. The molecule has 0 spiro atoms. The van der Waals surface area contributed by atoms with Gasteiger partial charge in [-0.1, -0.05) is 30.7 Å². The van der Waals surface area contributed by atoms with Gasteiger partial charge >= 0.3 is 0 Å². The van der Waals surface area contributed by atoms with Crippen molar-refractivity contribution in [1.29, 1.82) is 0 Å². The van der Waals surface area contributed by atoms with Crippen molar-refractivity contribution in [2.45, 2.75) is 44.6 Å². The number of carbonyl (C=O) groups is 1. The van der Waals surface area contributed by atoms with Crippen LogP contribution >= 0.6 is 11.6 Å². The van der Waals surface area contributed by atoms with E-state index in [0.29, 0.717) is 23.8 Å². The van der Waals surface area contributed by atoms with Crippen molar-refractivity contribution in [3.05, 3.63) is 34.9 Å². The average Bonchev–Trinajstić information content (AvgIpc) is 2.33. The first-order valence-electron chi connectivity index (χ1n) is 6.50. The second kappa shape index (κ2) is 5.41. The van der Waals surface area contributed by atoms with Gasteiger partial charge < -0.3 is 5.11 Å². The molecule has 1 N–H and O–H groups in total. The van der Waals surface area contributed by atoms with Gasteiger partial charge in [0, 0.05) is 11.4 Å². The number of ketones is 1. The largest absolute Gasteiger partial charge is 0.382 e. The topological polar surface area (TPSA) is 37.3 Å². The molecule has 1 aromatic carbocycles. The van der Waals surface area contributed by atoms with E-state index in [1.54, 1.807) is 12.1 Å². The van der Waals surface area contributed by atoms with Crippen LogP contribution in [0.5, 0.6) is 0 Å². The van der Waals surface area contributed by atoms with E-state index in [1.165, 1.54) is 0 Å². The maximum atomic E-state index is 12.2. The second-order valence-electron chi connectivity index (χ2n) is 5.44. The summed E-state index contributed by atoms with van der Waals surface area (Å²) < 4.78 is 0. The summed E-state index contributed by atoms with van der Waals surface area (Å²) in [5.41, 5.74) is -0.242. The third-order valence-corrected chi connectivity index (χ3v) is 4.11. The highest BCUT2D eigenvalue weighted by molar-refractivity contribution is 6.30. The van der Waals surface area contributed by atoms with E-state index < -0.39 is 5.60 Å². The zero-order valence-corrected chi connectivity index (χ0v) is 11.4. The molecule has 18 heavy (non-hydrogen) atoms. The predicted molar refractivity (Wildman–Crippen MR) is 72.7 cm³/mol.